The fourth-order valence-electron chi connectivity index (χ4n) is 3.88. The summed E-state index contributed by atoms with van der Waals surface area (Å²) in [5.41, 5.74) is 3.13. The summed E-state index contributed by atoms with van der Waals surface area (Å²) in [7, 11) is 0. The van der Waals surface area contributed by atoms with Crippen LogP contribution in [-0.2, 0) is 4.79 Å². The monoisotopic (exact) mass is 375 g/mol. The van der Waals surface area contributed by atoms with Gasteiger partial charge in [0.2, 0.25) is 5.91 Å². The van der Waals surface area contributed by atoms with Crippen LogP contribution in [-0.4, -0.2) is 50.4 Å². The highest BCUT2D eigenvalue weighted by Crippen LogP contribution is 2.32. The molecule has 7 nitrogen and oxygen atoms in total. The fraction of sp³-hybridized carbons (Fsp3) is 0.333. The number of carbonyl (C=O) groups excluding carboxylic acids is 2. The molecule has 1 aromatic carbocycles. The summed E-state index contributed by atoms with van der Waals surface area (Å²) >= 11 is 0. The molecule has 2 fully saturated rings. The van der Waals surface area contributed by atoms with Crippen molar-refractivity contribution in [3.05, 3.63) is 54.5 Å². The number of fused-ring (bicyclic) bond motifs is 1. The minimum absolute atomic E-state index is 0.122. The van der Waals surface area contributed by atoms with Gasteiger partial charge >= 0.3 is 0 Å². The van der Waals surface area contributed by atoms with Gasteiger partial charge in [0.1, 0.15) is 0 Å². The van der Waals surface area contributed by atoms with Gasteiger partial charge in [-0.1, -0.05) is 12.1 Å². The van der Waals surface area contributed by atoms with E-state index < -0.39 is 0 Å². The fourth-order valence-corrected chi connectivity index (χ4v) is 3.88. The van der Waals surface area contributed by atoms with Crippen LogP contribution in [0.25, 0.3) is 16.8 Å². The Labute approximate surface area is 162 Å². The van der Waals surface area contributed by atoms with Gasteiger partial charge in [0.05, 0.1) is 6.20 Å². The predicted molar refractivity (Wildman–Crippen MR) is 104 cm³/mol. The van der Waals surface area contributed by atoms with Crippen molar-refractivity contribution in [2.24, 2.45) is 5.92 Å². The smallest absolute Gasteiger partial charge is 0.251 e. The summed E-state index contributed by atoms with van der Waals surface area (Å²) in [5.74, 6) is 0.303. The van der Waals surface area contributed by atoms with Crippen molar-refractivity contribution in [2.75, 3.05) is 13.1 Å². The quantitative estimate of drug-likeness (QED) is 0.741. The van der Waals surface area contributed by atoms with Crippen LogP contribution in [0, 0.1) is 5.92 Å². The van der Waals surface area contributed by atoms with E-state index in [2.05, 4.69) is 15.4 Å². The molecule has 5 rings (SSSR count). The molecule has 1 saturated heterocycles. The van der Waals surface area contributed by atoms with Gasteiger partial charge in [0, 0.05) is 55.0 Å². The van der Waals surface area contributed by atoms with E-state index in [-0.39, 0.29) is 17.7 Å². The number of nitrogens with one attached hydrogen (secondary N) is 1. The largest absolute Gasteiger partial charge is 0.352 e. The van der Waals surface area contributed by atoms with E-state index in [4.69, 9.17) is 0 Å². The van der Waals surface area contributed by atoms with Crippen LogP contribution >= 0.6 is 0 Å². The molecule has 0 spiro atoms. The lowest BCUT2D eigenvalue weighted by molar-refractivity contribution is -0.128. The Hall–Kier alpha value is -3.22. The summed E-state index contributed by atoms with van der Waals surface area (Å²) in [6, 6.07) is 9.75. The summed E-state index contributed by atoms with van der Waals surface area (Å²) in [6.07, 6.45) is 8.11. The van der Waals surface area contributed by atoms with Crippen molar-refractivity contribution in [3.8, 4) is 11.1 Å². The van der Waals surface area contributed by atoms with Crippen molar-refractivity contribution in [1.29, 1.82) is 0 Å². The van der Waals surface area contributed by atoms with Crippen LogP contribution in [0.1, 0.15) is 29.6 Å². The van der Waals surface area contributed by atoms with E-state index in [1.807, 2.05) is 35.4 Å². The summed E-state index contributed by atoms with van der Waals surface area (Å²) in [6.45, 7) is 1.29. The van der Waals surface area contributed by atoms with E-state index >= 15 is 0 Å². The maximum absolute atomic E-state index is 12.6. The van der Waals surface area contributed by atoms with Crippen LogP contribution < -0.4 is 5.32 Å². The summed E-state index contributed by atoms with van der Waals surface area (Å²) in [4.78, 5) is 31.1. The van der Waals surface area contributed by atoms with E-state index in [0.717, 1.165) is 36.2 Å². The Balaban J connectivity index is 1.28. The zero-order valence-electron chi connectivity index (χ0n) is 15.4. The third-order valence-corrected chi connectivity index (χ3v) is 5.49. The zero-order valence-corrected chi connectivity index (χ0v) is 15.4. The molecule has 1 unspecified atom stereocenters. The van der Waals surface area contributed by atoms with Gasteiger partial charge in [0.25, 0.3) is 5.91 Å². The second kappa shape index (κ2) is 6.74. The molecule has 142 valence electrons. The number of hydrogen-bond donors (Lipinski definition) is 1. The first-order valence-electron chi connectivity index (χ1n) is 9.65. The summed E-state index contributed by atoms with van der Waals surface area (Å²) in [5, 5.41) is 7.31. The van der Waals surface area contributed by atoms with Crippen molar-refractivity contribution < 1.29 is 9.59 Å². The van der Waals surface area contributed by atoms with Gasteiger partial charge in [-0.05, 0) is 36.6 Å². The molecule has 3 aromatic rings. The van der Waals surface area contributed by atoms with Crippen LogP contribution in [0.5, 0.6) is 0 Å². The van der Waals surface area contributed by atoms with Crippen LogP contribution in [0.3, 0.4) is 0 Å². The second-order valence-electron chi connectivity index (χ2n) is 7.58. The first-order valence-corrected chi connectivity index (χ1v) is 9.65. The van der Waals surface area contributed by atoms with E-state index in [9.17, 15) is 9.59 Å². The summed E-state index contributed by atoms with van der Waals surface area (Å²) < 4.78 is 1.71. The lowest BCUT2D eigenvalue weighted by atomic mass is 10.0. The first kappa shape index (κ1) is 16.9. The third kappa shape index (κ3) is 3.13. The normalized spacial score (nSPS) is 19.4. The topological polar surface area (TPSA) is 79.6 Å². The second-order valence-corrected chi connectivity index (χ2v) is 7.58. The van der Waals surface area contributed by atoms with E-state index in [1.165, 1.54) is 0 Å². The van der Waals surface area contributed by atoms with Crippen LogP contribution in [0.15, 0.2) is 48.9 Å². The lowest BCUT2D eigenvalue weighted by Crippen LogP contribution is -2.32. The third-order valence-electron chi connectivity index (χ3n) is 5.49. The molecule has 2 aliphatic rings. The number of likely N-dealkylation sites (tertiary alicyclic amines) is 1. The Kier molecular flexibility index (Phi) is 4.07. The molecular weight excluding hydrogens is 354 g/mol. The minimum Gasteiger partial charge on any atom is -0.352 e. The molecule has 1 aliphatic carbocycles. The molecular formula is C21H21N5O2. The van der Waals surface area contributed by atoms with Crippen molar-refractivity contribution >= 4 is 17.5 Å². The van der Waals surface area contributed by atoms with Gasteiger partial charge in [-0.25, -0.2) is 9.50 Å². The highest BCUT2D eigenvalue weighted by Gasteiger charge is 2.39. The van der Waals surface area contributed by atoms with E-state index in [0.29, 0.717) is 24.6 Å². The molecule has 2 aromatic heterocycles. The number of carbonyl (C=O) groups is 2. The zero-order chi connectivity index (χ0) is 19.1. The number of aromatic nitrogens is 3. The van der Waals surface area contributed by atoms with Crippen LogP contribution in [0.4, 0.5) is 0 Å². The predicted octanol–water partition coefficient (Wildman–Crippen LogP) is 2.14. The van der Waals surface area contributed by atoms with Gasteiger partial charge in [-0.15, -0.1) is 0 Å². The molecule has 0 radical (unpaired) electrons. The number of benzene rings is 1. The molecule has 1 saturated carbocycles. The van der Waals surface area contributed by atoms with Crippen molar-refractivity contribution in [1.82, 2.24) is 24.8 Å². The van der Waals surface area contributed by atoms with Crippen LogP contribution in [0.2, 0.25) is 0 Å². The highest BCUT2D eigenvalue weighted by molar-refractivity contribution is 5.96. The number of hydrogen-bond acceptors (Lipinski definition) is 4. The minimum atomic E-state index is -0.122. The standard InChI is InChI=1S/C21H21N5O2/c27-19-9-14(13-25(19)17-5-6-17)11-23-21(28)16-4-1-3-15(10-16)18-12-24-26-8-2-7-22-20(18)26/h1-4,7-8,10,12,14,17H,5-6,9,11,13H2,(H,23,28). The van der Waals surface area contributed by atoms with Gasteiger partial charge in [0.15, 0.2) is 5.65 Å². The molecule has 0 bridgehead atoms. The maximum atomic E-state index is 12.6. The lowest BCUT2D eigenvalue weighted by Gasteiger charge is -2.15. The average molecular weight is 375 g/mol. The molecule has 1 aliphatic heterocycles. The van der Waals surface area contributed by atoms with Gasteiger partial charge < -0.3 is 10.2 Å². The molecule has 1 N–H and O–H groups in total. The molecule has 28 heavy (non-hydrogen) atoms. The SMILES string of the molecule is O=C(NCC1CC(=O)N(C2CC2)C1)c1cccc(-c2cnn3cccnc23)c1. The average Bonchev–Trinajstić information content (AvgIpc) is 3.36. The molecule has 7 heteroatoms. The molecule has 3 heterocycles. The van der Waals surface area contributed by atoms with Crippen molar-refractivity contribution in [2.45, 2.75) is 25.3 Å². The molecule has 2 amide bonds. The first-order chi connectivity index (χ1) is 13.7. The number of rotatable bonds is 5. The Morgan fingerprint density at radius 2 is 2.14 bits per heavy atom. The van der Waals surface area contributed by atoms with Gasteiger partial charge in [-0.3, -0.25) is 9.59 Å². The maximum Gasteiger partial charge on any atom is 0.251 e. The number of amides is 2. The van der Waals surface area contributed by atoms with Gasteiger partial charge in [-0.2, -0.15) is 5.10 Å². The molecule has 1 atom stereocenters. The van der Waals surface area contributed by atoms with Crippen molar-refractivity contribution in [3.63, 3.8) is 0 Å². The highest BCUT2D eigenvalue weighted by atomic mass is 16.2. The Morgan fingerprint density at radius 1 is 1.25 bits per heavy atom. The Morgan fingerprint density at radius 3 is 3.00 bits per heavy atom. The Bertz CT molecular complexity index is 1060. The number of nitrogens with zero attached hydrogens (tertiary/aromatic N) is 4. The van der Waals surface area contributed by atoms with E-state index in [1.54, 1.807) is 23.0 Å².